The fraction of sp³-hybridized carbons (Fsp3) is 0.500. The van der Waals surface area contributed by atoms with Crippen molar-refractivity contribution in [2.75, 3.05) is 7.11 Å². The average Bonchev–Trinajstić information content (AvgIpc) is 2.83. The molecule has 0 radical (unpaired) electrons. The Morgan fingerprint density at radius 3 is 2.89 bits per heavy atom. The van der Waals surface area contributed by atoms with Crippen LogP contribution in [0.5, 0.6) is 0 Å². The van der Waals surface area contributed by atoms with E-state index in [9.17, 15) is 5.21 Å². The van der Waals surface area contributed by atoms with Crippen molar-refractivity contribution in [3.8, 4) is 0 Å². The van der Waals surface area contributed by atoms with E-state index in [4.69, 9.17) is 9.57 Å². The number of nitrogens with zero attached hydrogens (tertiary/aromatic N) is 1. The molecule has 18 heavy (non-hydrogen) atoms. The minimum atomic E-state index is -0.739. The summed E-state index contributed by atoms with van der Waals surface area (Å²) >= 11 is 0. The first-order valence-electron chi connectivity index (χ1n) is 6.36. The van der Waals surface area contributed by atoms with Gasteiger partial charge in [-0.05, 0) is 24.8 Å². The number of benzene rings is 1. The van der Waals surface area contributed by atoms with Gasteiger partial charge in [0, 0.05) is 17.9 Å². The zero-order valence-electron chi connectivity index (χ0n) is 10.4. The van der Waals surface area contributed by atoms with Crippen molar-refractivity contribution < 1.29 is 14.5 Å². The molecule has 2 aliphatic rings. The predicted octanol–water partition coefficient (Wildman–Crippen LogP) is 2.44. The van der Waals surface area contributed by atoms with Crippen molar-refractivity contribution in [1.82, 2.24) is 0 Å². The lowest BCUT2D eigenvalue weighted by Gasteiger charge is -2.41. The third kappa shape index (κ3) is 1.68. The second-order valence-electron chi connectivity index (χ2n) is 4.98. The van der Waals surface area contributed by atoms with Gasteiger partial charge in [-0.2, -0.15) is 0 Å². The van der Waals surface area contributed by atoms with Crippen LogP contribution in [0.3, 0.4) is 0 Å². The lowest BCUT2D eigenvalue weighted by Crippen LogP contribution is -2.48. The molecule has 0 saturated heterocycles. The fourth-order valence-electron chi connectivity index (χ4n) is 3.24. The largest absolute Gasteiger partial charge is 0.369 e. The topological polar surface area (TPSA) is 44.5 Å². The fourth-order valence-corrected chi connectivity index (χ4v) is 3.24. The molecule has 4 heteroatoms. The maximum Gasteiger partial charge on any atom is 0.218 e. The minimum Gasteiger partial charge on any atom is -0.369 e. The molecule has 1 aliphatic heterocycles. The second-order valence-corrected chi connectivity index (χ2v) is 4.98. The van der Waals surface area contributed by atoms with Crippen LogP contribution in [0.4, 0.5) is 0 Å². The molecule has 1 aliphatic carbocycles. The zero-order chi connectivity index (χ0) is 12.6. The van der Waals surface area contributed by atoms with E-state index < -0.39 is 5.79 Å². The van der Waals surface area contributed by atoms with Crippen LogP contribution in [0.15, 0.2) is 30.3 Å². The molecule has 1 aromatic carbocycles. The summed E-state index contributed by atoms with van der Waals surface area (Å²) in [5.41, 5.74) is 1.15. The second kappa shape index (κ2) is 4.28. The highest BCUT2D eigenvalue weighted by molar-refractivity contribution is 5.64. The van der Waals surface area contributed by atoms with Crippen molar-refractivity contribution in [2.45, 2.75) is 31.0 Å². The van der Waals surface area contributed by atoms with Gasteiger partial charge in [-0.15, -0.1) is 0 Å². The molecule has 0 aromatic heterocycles. The van der Waals surface area contributed by atoms with E-state index >= 15 is 0 Å². The van der Waals surface area contributed by atoms with Gasteiger partial charge in [-0.1, -0.05) is 30.3 Å². The van der Waals surface area contributed by atoms with E-state index in [1.165, 1.54) is 0 Å². The lowest BCUT2D eigenvalue weighted by atomic mass is 9.82. The molecule has 1 saturated carbocycles. The summed E-state index contributed by atoms with van der Waals surface area (Å²) in [6, 6.07) is 10.1. The number of hydrogen-bond acceptors (Lipinski definition) is 3. The van der Waals surface area contributed by atoms with E-state index in [0.717, 1.165) is 24.8 Å². The molecule has 0 bridgehead atoms. The lowest BCUT2D eigenvalue weighted by molar-refractivity contribution is -0.788. The zero-order valence-corrected chi connectivity index (χ0v) is 10.4. The first kappa shape index (κ1) is 11.5. The Kier molecular flexibility index (Phi) is 2.74. The first-order valence-corrected chi connectivity index (χ1v) is 6.36. The molecule has 0 unspecified atom stereocenters. The third-order valence-corrected chi connectivity index (χ3v) is 4.10. The summed E-state index contributed by atoms with van der Waals surface area (Å²) in [5.74, 6) is -0.452. The SMILES string of the molecule is CO[C@]12CCC[C@H]1[C@H](c1ccccc1)C=[N+]([O-])O2. The molecule has 96 valence electrons. The van der Waals surface area contributed by atoms with Crippen molar-refractivity contribution in [3.05, 3.63) is 41.1 Å². The van der Waals surface area contributed by atoms with E-state index in [0.29, 0.717) is 4.90 Å². The normalized spacial score (nSPS) is 34.6. The Labute approximate surface area is 106 Å². The van der Waals surface area contributed by atoms with Gasteiger partial charge < -0.3 is 9.57 Å². The Balaban J connectivity index is 2.01. The van der Waals surface area contributed by atoms with Crippen molar-refractivity contribution in [3.63, 3.8) is 0 Å². The van der Waals surface area contributed by atoms with Gasteiger partial charge in [0.2, 0.25) is 6.21 Å². The first-order chi connectivity index (χ1) is 8.75. The summed E-state index contributed by atoms with van der Waals surface area (Å²) in [4.78, 5) is 5.97. The predicted molar refractivity (Wildman–Crippen MR) is 67.0 cm³/mol. The minimum absolute atomic E-state index is 0.0694. The van der Waals surface area contributed by atoms with Crippen LogP contribution >= 0.6 is 0 Å². The number of hydrogen-bond donors (Lipinski definition) is 0. The van der Waals surface area contributed by atoms with Gasteiger partial charge in [0.1, 0.15) is 0 Å². The molecular weight excluding hydrogens is 230 g/mol. The number of methoxy groups -OCH3 is 1. The maximum absolute atomic E-state index is 11.7. The van der Waals surface area contributed by atoms with Gasteiger partial charge in [-0.25, -0.2) is 0 Å². The van der Waals surface area contributed by atoms with Crippen LogP contribution in [-0.2, 0) is 9.57 Å². The van der Waals surface area contributed by atoms with Gasteiger partial charge in [0.05, 0.1) is 5.92 Å². The average molecular weight is 247 g/mol. The smallest absolute Gasteiger partial charge is 0.218 e. The van der Waals surface area contributed by atoms with E-state index in [-0.39, 0.29) is 11.8 Å². The van der Waals surface area contributed by atoms with Gasteiger partial charge in [0.15, 0.2) is 5.79 Å². The van der Waals surface area contributed by atoms with E-state index in [1.807, 2.05) is 18.2 Å². The highest BCUT2D eigenvalue weighted by atomic mass is 16.9. The van der Waals surface area contributed by atoms with Crippen LogP contribution in [0.25, 0.3) is 0 Å². The molecule has 0 amide bonds. The quantitative estimate of drug-likeness (QED) is 0.754. The summed E-state index contributed by atoms with van der Waals surface area (Å²) < 4.78 is 5.54. The highest BCUT2D eigenvalue weighted by Crippen LogP contribution is 2.48. The van der Waals surface area contributed by atoms with Crippen LogP contribution in [-0.4, -0.2) is 24.0 Å². The number of ether oxygens (including phenoxy) is 1. The van der Waals surface area contributed by atoms with E-state index in [2.05, 4.69) is 12.1 Å². The standard InChI is InChI=1S/C14H17NO3/c1-17-14-9-5-8-13(14)12(10-15(16)18-14)11-6-3-2-4-7-11/h2-4,6-7,10,12-13H,5,8-9H2,1H3/t12-,13-,14-/m0/s1. The molecule has 1 heterocycles. The molecule has 3 atom stereocenters. The summed E-state index contributed by atoms with van der Waals surface area (Å²) in [6.45, 7) is 0. The molecule has 4 nitrogen and oxygen atoms in total. The highest BCUT2D eigenvalue weighted by Gasteiger charge is 2.51. The van der Waals surface area contributed by atoms with Crippen LogP contribution in [0, 0.1) is 11.1 Å². The van der Waals surface area contributed by atoms with Gasteiger partial charge in [0.25, 0.3) is 0 Å². The van der Waals surface area contributed by atoms with Crippen LogP contribution in [0.1, 0.15) is 30.7 Å². The summed E-state index contributed by atoms with van der Waals surface area (Å²) in [7, 11) is 1.62. The number of fused-ring (bicyclic) bond motifs is 1. The van der Waals surface area contributed by atoms with Gasteiger partial charge in [-0.3, -0.25) is 5.21 Å². The molecule has 1 fully saturated rings. The Morgan fingerprint density at radius 1 is 1.39 bits per heavy atom. The maximum atomic E-state index is 11.7. The van der Waals surface area contributed by atoms with Crippen molar-refractivity contribution >= 4 is 6.21 Å². The van der Waals surface area contributed by atoms with Crippen LogP contribution in [0.2, 0.25) is 0 Å². The number of rotatable bonds is 2. The Hall–Kier alpha value is -1.55. The summed E-state index contributed by atoms with van der Waals surface area (Å²) in [5, 5.41) is 11.7. The van der Waals surface area contributed by atoms with Gasteiger partial charge >= 0.3 is 0 Å². The molecule has 3 rings (SSSR count). The van der Waals surface area contributed by atoms with Crippen molar-refractivity contribution in [2.24, 2.45) is 5.92 Å². The van der Waals surface area contributed by atoms with E-state index in [1.54, 1.807) is 13.3 Å². The molecule has 1 aromatic rings. The summed E-state index contributed by atoms with van der Waals surface area (Å²) in [6.07, 6.45) is 4.45. The molecular formula is C14H17NO3. The Morgan fingerprint density at radius 2 is 2.17 bits per heavy atom. The Bertz CT molecular complexity index is 459. The third-order valence-electron chi connectivity index (χ3n) is 4.10. The van der Waals surface area contributed by atoms with Crippen molar-refractivity contribution in [1.29, 1.82) is 0 Å². The van der Waals surface area contributed by atoms with Crippen LogP contribution < -0.4 is 0 Å². The monoisotopic (exact) mass is 247 g/mol. The molecule has 0 spiro atoms. The molecule has 0 N–H and O–H groups in total.